The smallest absolute Gasteiger partial charge is 0.261 e. The second-order valence-electron chi connectivity index (χ2n) is 7.14. The molecule has 0 saturated carbocycles. The second kappa shape index (κ2) is 10.1. The van der Waals surface area contributed by atoms with E-state index >= 15 is 0 Å². The van der Waals surface area contributed by atoms with Crippen molar-refractivity contribution in [3.05, 3.63) is 120 Å². The van der Waals surface area contributed by atoms with E-state index in [4.69, 9.17) is 0 Å². The summed E-state index contributed by atoms with van der Waals surface area (Å²) in [6.07, 6.45) is 14.8. The summed E-state index contributed by atoms with van der Waals surface area (Å²) in [5.74, 6) is -0.249. The molecule has 0 aromatic heterocycles. The van der Waals surface area contributed by atoms with Crippen molar-refractivity contribution in [2.75, 3.05) is 0 Å². The van der Waals surface area contributed by atoms with Crippen molar-refractivity contribution >= 4 is 24.2 Å². The Labute approximate surface area is 186 Å². The molecule has 158 valence electrons. The van der Waals surface area contributed by atoms with Crippen LogP contribution in [0.3, 0.4) is 0 Å². The van der Waals surface area contributed by atoms with Crippen LogP contribution in [0, 0.1) is 0 Å². The highest BCUT2D eigenvalue weighted by Gasteiger charge is 2.15. The first kappa shape index (κ1) is 20.9. The Morgan fingerprint density at radius 1 is 0.625 bits per heavy atom. The van der Waals surface area contributed by atoms with E-state index in [-0.39, 0.29) is 11.8 Å². The molecule has 4 rings (SSSR count). The van der Waals surface area contributed by atoms with Gasteiger partial charge in [-0.15, -0.1) is 0 Å². The zero-order chi connectivity index (χ0) is 22.2. The molecule has 2 aliphatic rings. The monoisotopic (exact) mass is 422 g/mol. The normalized spacial score (nSPS) is 15.1. The maximum Gasteiger partial charge on any atom is 0.261 e. The largest absolute Gasteiger partial charge is 0.289 e. The Morgan fingerprint density at radius 2 is 1.03 bits per heavy atom. The van der Waals surface area contributed by atoms with Gasteiger partial charge in [0.2, 0.25) is 0 Å². The Balaban J connectivity index is 1.46. The van der Waals surface area contributed by atoms with Gasteiger partial charge in [0.15, 0.2) is 0 Å². The van der Waals surface area contributed by atoms with Crippen LogP contribution in [-0.2, 0) is 0 Å². The molecule has 2 heterocycles. The number of benzene rings is 2. The molecular formula is C26H22N4O2. The first-order valence-electron chi connectivity index (χ1n) is 10.3. The molecule has 0 unspecified atom stereocenters. The Morgan fingerprint density at radius 3 is 1.44 bits per heavy atom. The van der Waals surface area contributed by atoms with Gasteiger partial charge in [-0.2, -0.15) is 0 Å². The molecule has 0 atom stereocenters. The number of amides is 2. The standard InChI is InChI=1S/C26H22N4O2/c31-25(21-9-3-1-4-10-21)29-17-7-15-27-23(19-29)13-14-24-20-30(18-8-16-28-24)26(32)22-11-5-2-6-12-22/h1-12,15-20H,13-14H2. The molecule has 2 aromatic rings. The summed E-state index contributed by atoms with van der Waals surface area (Å²) in [5.41, 5.74) is 2.70. The van der Waals surface area contributed by atoms with Gasteiger partial charge in [0.1, 0.15) is 0 Å². The van der Waals surface area contributed by atoms with Gasteiger partial charge in [0, 0.05) is 48.4 Å². The number of allylic oxidation sites excluding steroid dienone is 4. The van der Waals surface area contributed by atoms with E-state index in [1.807, 2.05) is 36.4 Å². The van der Waals surface area contributed by atoms with Gasteiger partial charge < -0.3 is 0 Å². The molecule has 2 aliphatic heterocycles. The zero-order valence-corrected chi connectivity index (χ0v) is 17.4. The number of carbonyl (C=O) groups excluding carboxylic acids is 2. The fraction of sp³-hybridized carbons (Fsp3) is 0.0769. The first-order valence-corrected chi connectivity index (χ1v) is 10.3. The van der Waals surface area contributed by atoms with Crippen LogP contribution in [-0.4, -0.2) is 34.0 Å². The average Bonchev–Trinajstić information content (AvgIpc) is 3.24. The molecule has 0 bridgehead atoms. The fourth-order valence-corrected chi connectivity index (χ4v) is 3.24. The maximum atomic E-state index is 12.8. The van der Waals surface area contributed by atoms with Crippen molar-refractivity contribution in [1.29, 1.82) is 0 Å². The van der Waals surface area contributed by atoms with Gasteiger partial charge in [-0.05, 0) is 49.3 Å². The van der Waals surface area contributed by atoms with E-state index in [0.717, 1.165) is 11.4 Å². The molecule has 0 saturated heterocycles. The van der Waals surface area contributed by atoms with Crippen molar-refractivity contribution in [3.63, 3.8) is 0 Å². The van der Waals surface area contributed by atoms with Crippen LogP contribution in [0.25, 0.3) is 0 Å². The predicted molar refractivity (Wildman–Crippen MR) is 126 cm³/mol. The minimum Gasteiger partial charge on any atom is -0.289 e. The number of carbonyl (C=O) groups is 2. The van der Waals surface area contributed by atoms with E-state index in [0.29, 0.717) is 24.0 Å². The minimum absolute atomic E-state index is 0.125. The fourth-order valence-electron chi connectivity index (χ4n) is 3.24. The number of nitrogens with zero attached hydrogens (tertiary/aromatic N) is 4. The average molecular weight is 422 g/mol. The van der Waals surface area contributed by atoms with Gasteiger partial charge in [0.05, 0.1) is 11.4 Å². The third-order valence-corrected chi connectivity index (χ3v) is 4.87. The second-order valence-corrected chi connectivity index (χ2v) is 7.14. The molecular weight excluding hydrogens is 400 g/mol. The third kappa shape index (κ3) is 5.23. The lowest BCUT2D eigenvalue weighted by Crippen LogP contribution is -2.20. The lowest BCUT2D eigenvalue weighted by Gasteiger charge is -2.15. The molecule has 0 N–H and O–H groups in total. The lowest BCUT2D eigenvalue weighted by atomic mass is 10.2. The first-order chi connectivity index (χ1) is 15.7. The highest BCUT2D eigenvalue weighted by Crippen LogP contribution is 2.20. The van der Waals surface area contributed by atoms with E-state index < -0.39 is 0 Å². The van der Waals surface area contributed by atoms with Gasteiger partial charge in [-0.25, -0.2) is 0 Å². The van der Waals surface area contributed by atoms with Crippen molar-refractivity contribution < 1.29 is 9.59 Å². The van der Waals surface area contributed by atoms with Gasteiger partial charge in [0.25, 0.3) is 11.8 Å². The summed E-state index contributed by atoms with van der Waals surface area (Å²) < 4.78 is 0. The molecule has 2 aromatic carbocycles. The van der Waals surface area contributed by atoms with E-state index in [2.05, 4.69) is 9.98 Å². The van der Waals surface area contributed by atoms with Gasteiger partial charge in [-0.3, -0.25) is 29.4 Å². The molecule has 0 aliphatic carbocycles. The minimum atomic E-state index is -0.125. The number of aliphatic imine (C=N–C) groups is 2. The molecule has 6 heteroatoms. The van der Waals surface area contributed by atoms with Crippen LogP contribution >= 0.6 is 0 Å². The van der Waals surface area contributed by atoms with Crippen LogP contribution in [0.5, 0.6) is 0 Å². The number of rotatable bonds is 5. The molecule has 2 amide bonds. The summed E-state index contributed by atoms with van der Waals surface area (Å²) in [6, 6.07) is 18.2. The predicted octanol–water partition coefficient (Wildman–Crippen LogP) is 4.93. The van der Waals surface area contributed by atoms with Crippen molar-refractivity contribution in [3.8, 4) is 0 Å². The SMILES string of the molecule is O=C(c1ccccc1)N1C=CC=NC(CCC2=CN(C(=O)c3ccccc3)C=CC=N2)=C1. The van der Waals surface area contributed by atoms with Crippen LogP contribution in [0.2, 0.25) is 0 Å². The molecule has 6 nitrogen and oxygen atoms in total. The van der Waals surface area contributed by atoms with Crippen molar-refractivity contribution in [1.82, 2.24) is 9.80 Å². The summed E-state index contributed by atoms with van der Waals surface area (Å²) in [7, 11) is 0. The Bertz CT molecular complexity index is 1070. The number of hydrogen-bond donors (Lipinski definition) is 0. The summed E-state index contributed by atoms with van der Waals surface area (Å²) >= 11 is 0. The summed E-state index contributed by atoms with van der Waals surface area (Å²) in [6.45, 7) is 0. The maximum absolute atomic E-state index is 12.8. The quantitative estimate of drug-likeness (QED) is 0.686. The molecule has 32 heavy (non-hydrogen) atoms. The van der Waals surface area contributed by atoms with E-state index in [9.17, 15) is 9.59 Å². The topological polar surface area (TPSA) is 65.3 Å². The lowest BCUT2D eigenvalue weighted by molar-refractivity contribution is 0.0860. The van der Waals surface area contributed by atoms with Crippen LogP contribution in [0.15, 0.2) is 119 Å². The summed E-state index contributed by atoms with van der Waals surface area (Å²) in [5, 5.41) is 0. The van der Waals surface area contributed by atoms with E-state index in [1.54, 1.807) is 73.6 Å². The highest BCUT2D eigenvalue weighted by molar-refractivity contribution is 5.96. The summed E-state index contributed by atoms with van der Waals surface area (Å²) in [4.78, 5) is 37.5. The van der Waals surface area contributed by atoms with Gasteiger partial charge in [-0.1, -0.05) is 36.4 Å². The van der Waals surface area contributed by atoms with Crippen LogP contribution in [0.4, 0.5) is 0 Å². The molecule has 0 radical (unpaired) electrons. The Hall–Kier alpha value is -4.32. The van der Waals surface area contributed by atoms with Gasteiger partial charge >= 0.3 is 0 Å². The van der Waals surface area contributed by atoms with Crippen molar-refractivity contribution in [2.24, 2.45) is 9.98 Å². The van der Waals surface area contributed by atoms with Crippen LogP contribution < -0.4 is 0 Å². The van der Waals surface area contributed by atoms with Crippen molar-refractivity contribution in [2.45, 2.75) is 12.8 Å². The zero-order valence-electron chi connectivity index (χ0n) is 17.4. The highest BCUT2D eigenvalue weighted by atomic mass is 16.2. The third-order valence-electron chi connectivity index (χ3n) is 4.87. The molecule has 0 spiro atoms. The van der Waals surface area contributed by atoms with Crippen LogP contribution in [0.1, 0.15) is 33.6 Å². The van der Waals surface area contributed by atoms with E-state index in [1.165, 1.54) is 9.80 Å². The number of hydrogen-bond acceptors (Lipinski definition) is 4. The molecule has 0 fully saturated rings. The Kier molecular flexibility index (Phi) is 6.63.